The molecule has 0 saturated heterocycles. The Bertz CT molecular complexity index is 989. The fourth-order valence-electron chi connectivity index (χ4n) is 2.42. The molecule has 2 aromatic rings. The summed E-state index contributed by atoms with van der Waals surface area (Å²) in [5.74, 6) is -0.107. The topological polar surface area (TPSA) is 92.8 Å². The van der Waals surface area contributed by atoms with Gasteiger partial charge in [0.1, 0.15) is 5.75 Å². The fraction of sp³-hybridized carbons (Fsp3) is 0.294. The van der Waals surface area contributed by atoms with Gasteiger partial charge in [-0.3, -0.25) is 4.72 Å². The normalized spacial score (nSPS) is 12.4. The molecule has 154 valence electrons. The van der Waals surface area contributed by atoms with E-state index in [4.69, 9.17) is 0 Å². The number of hydrogen-bond donors (Lipinski definition) is 1. The van der Waals surface area contributed by atoms with Crippen molar-refractivity contribution in [1.29, 1.82) is 0 Å². The molecule has 11 heteroatoms. The molecule has 0 amide bonds. The van der Waals surface area contributed by atoms with E-state index in [0.717, 1.165) is 0 Å². The summed E-state index contributed by atoms with van der Waals surface area (Å²) in [5, 5.41) is 0. The van der Waals surface area contributed by atoms with Crippen molar-refractivity contribution in [3.05, 3.63) is 48.5 Å². The second-order valence-corrected chi connectivity index (χ2v) is 9.19. The van der Waals surface area contributed by atoms with Gasteiger partial charge < -0.3 is 4.74 Å². The van der Waals surface area contributed by atoms with Crippen molar-refractivity contribution < 1.29 is 30.4 Å². The third kappa shape index (κ3) is 5.18. The third-order valence-electron chi connectivity index (χ3n) is 3.81. The second-order valence-electron chi connectivity index (χ2n) is 5.57. The predicted octanol–water partition coefficient (Wildman–Crippen LogP) is 3.12. The van der Waals surface area contributed by atoms with Crippen LogP contribution in [0.3, 0.4) is 0 Å². The Hall–Kier alpha value is -2.24. The van der Waals surface area contributed by atoms with E-state index in [1.54, 1.807) is 13.8 Å². The zero-order chi connectivity index (χ0) is 20.9. The quantitative estimate of drug-likeness (QED) is 0.655. The van der Waals surface area contributed by atoms with Crippen LogP contribution in [0.5, 0.6) is 5.75 Å². The first kappa shape index (κ1) is 22.1. The number of benzene rings is 2. The minimum atomic E-state index is -3.99. The van der Waals surface area contributed by atoms with Gasteiger partial charge in [0.2, 0.25) is 10.0 Å². The Balaban J connectivity index is 2.20. The molecule has 28 heavy (non-hydrogen) atoms. The predicted molar refractivity (Wildman–Crippen MR) is 100 cm³/mol. The number of rotatable bonds is 9. The molecule has 0 aliphatic rings. The lowest BCUT2D eigenvalue weighted by atomic mass is 10.3. The van der Waals surface area contributed by atoms with Crippen LogP contribution in [0.1, 0.15) is 13.8 Å². The lowest BCUT2D eigenvalue weighted by Crippen LogP contribution is -2.30. The number of nitrogens with one attached hydrogen (secondary N) is 1. The fourth-order valence-corrected chi connectivity index (χ4v) is 4.94. The second kappa shape index (κ2) is 8.84. The molecule has 0 bridgehead atoms. The maximum absolute atomic E-state index is 12.5. The largest absolute Gasteiger partial charge is 0.435 e. The Morgan fingerprint density at radius 3 is 1.86 bits per heavy atom. The van der Waals surface area contributed by atoms with Gasteiger partial charge in [-0.25, -0.2) is 16.8 Å². The van der Waals surface area contributed by atoms with E-state index in [0.29, 0.717) is 13.1 Å². The SMILES string of the molecule is CCN(CC)S(=O)(=O)c1ccc(S(=O)(=O)Nc2ccc(OC(F)F)cc2)cc1. The van der Waals surface area contributed by atoms with Gasteiger partial charge in [-0.2, -0.15) is 13.1 Å². The molecular weight excluding hydrogens is 414 g/mol. The van der Waals surface area contributed by atoms with Gasteiger partial charge in [-0.1, -0.05) is 13.8 Å². The number of alkyl halides is 2. The number of nitrogens with zero attached hydrogens (tertiary/aromatic N) is 1. The van der Waals surface area contributed by atoms with Crippen LogP contribution in [-0.2, 0) is 20.0 Å². The minimum Gasteiger partial charge on any atom is -0.435 e. The zero-order valence-corrected chi connectivity index (χ0v) is 16.8. The number of hydrogen-bond acceptors (Lipinski definition) is 5. The lowest BCUT2D eigenvalue weighted by Gasteiger charge is -2.18. The summed E-state index contributed by atoms with van der Waals surface area (Å²) in [7, 11) is -7.68. The molecule has 0 spiro atoms. The minimum absolute atomic E-state index is 0.0105. The van der Waals surface area contributed by atoms with Gasteiger partial charge in [0.05, 0.1) is 9.79 Å². The van der Waals surface area contributed by atoms with Crippen molar-refractivity contribution in [3.63, 3.8) is 0 Å². The molecule has 0 aliphatic heterocycles. The molecule has 2 aromatic carbocycles. The Labute approximate surface area is 163 Å². The molecule has 0 atom stereocenters. The highest BCUT2D eigenvalue weighted by molar-refractivity contribution is 7.92. The summed E-state index contributed by atoms with van der Waals surface area (Å²) < 4.78 is 81.8. The maximum Gasteiger partial charge on any atom is 0.387 e. The molecule has 0 aliphatic carbocycles. The number of ether oxygens (including phenoxy) is 1. The summed E-state index contributed by atoms with van der Waals surface area (Å²) >= 11 is 0. The standard InChI is InChI=1S/C17H20F2N2O5S2/c1-3-21(4-2)28(24,25)16-11-9-15(10-12-16)27(22,23)20-13-5-7-14(8-6-13)26-17(18)19/h5-12,17,20H,3-4H2,1-2H3. The molecule has 0 fully saturated rings. The van der Waals surface area contributed by atoms with Gasteiger partial charge in [0.25, 0.3) is 10.0 Å². The van der Waals surface area contributed by atoms with E-state index in [-0.39, 0.29) is 21.2 Å². The summed E-state index contributed by atoms with van der Waals surface area (Å²) in [4.78, 5) is -0.150. The van der Waals surface area contributed by atoms with Crippen molar-refractivity contribution in [2.45, 2.75) is 30.2 Å². The monoisotopic (exact) mass is 434 g/mol. The van der Waals surface area contributed by atoms with E-state index in [1.165, 1.54) is 52.8 Å². The summed E-state index contributed by atoms with van der Waals surface area (Å²) in [6.07, 6.45) is 0. The van der Waals surface area contributed by atoms with Crippen molar-refractivity contribution in [1.82, 2.24) is 4.31 Å². The van der Waals surface area contributed by atoms with Crippen LogP contribution in [-0.4, -0.2) is 40.8 Å². The first-order valence-electron chi connectivity index (χ1n) is 8.28. The maximum atomic E-state index is 12.5. The third-order valence-corrected chi connectivity index (χ3v) is 7.27. The highest BCUT2D eigenvalue weighted by Crippen LogP contribution is 2.22. The van der Waals surface area contributed by atoms with Crippen LogP contribution in [0.15, 0.2) is 58.3 Å². The molecule has 2 rings (SSSR count). The van der Waals surface area contributed by atoms with E-state index >= 15 is 0 Å². The lowest BCUT2D eigenvalue weighted by molar-refractivity contribution is -0.0498. The van der Waals surface area contributed by atoms with Gasteiger partial charge in [-0.15, -0.1) is 0 Å². The van der Waals surface area contributed by atoms with Crippen LogP contribution in [0.4, 0.5) is 14.5 Å². The molecular formula is C17H20F2N2O5S2. The molecule has 0 aromatic heterocycles. The van der Waals surface area contributed by atoms with Gasteiger partial charge in [0.15, 0.2) is 0 Å². The van der Waals surface area contributed by atoms with E-state index < -0.39 is 26.7 Å². The Morgan fingerprint density at radius 2 is 1.39 bits per heavy atom. The molecule has 0 saturated carbocycles. The highest BCUT2D eigenvalue weighted by atomic mass is 32.2. The first-order valence-corrected chi connectivity index (χ1v) is 11.2. The molecule has 1 N–H and O–H groups in total. The van der Waals surface area contributed by atoms with E-state index in [9.17, 15) is 25.6 Å². The van der Waals surface area contributed by atoms with E-state index in [2.05, 4.69) is 9.46 Å². The first-order chi connectivity index (χ1) is 13.1. The molecule has 0 radical (unpaired) electrons. The van der Waals surface area contributed by atoms with Crippen molar-refractivity contribution in [2.24, 2.45) is 0 Å². The van der Waals surface area contributed by atoms with Crippen LogP contribution in [0.2, 0.25) is 0 Å². The number of sulfonamides is 2. The van der Waals surface area contributed by atoms with Crippen molar-refractivity contribution in [3.8, 4) is 5.75 Å². The van der Waals surface area contributed by atoms with Gasteiger partial charge in [-0.05, 0) is 48.5 Å². The highest BCUT2D eigenvalue weighted by Gasteiger charge is 2.22. The van der Waals surface area contributed by atoms with Crippen LogP contribution in [0, 0.1) is 0 Å². The summed E-state index contributed by atoms with van der Waals surface area (Å²) in [6, 6.07) is 9.76. The van der Waals surface area contributed by atoms with Gasteiger partial charge in [0, 0.05) is 18.8 Å². The average Bonchev–Trinajstić information content (AvgIpc) is 2.63. The summed E-state index contributed by atoms with van der Waals surface area (Å²) in [5.41, 5.74) is 0.140. The van der Waals surface area contributed by atoms with Crippen molar-refractivity contribution in [2.75, 3.05) is 17.8 Å². The van der Waals surface area contributed by atoms with E-state index in [1.807, 2.05) is 0 Å². The molecule has 7 nitrogen and oxygen atoms in total. The van der Waals surface area contributed by atoms with Gasteiger partial charge >= 0.3 is 6.61 Å². The number of halogens is 2. The number of anilines is 1. The molecule has 0 unspecified atom stereocenters. The Morgan fingerprint density at radius 1 is 0.893 bits per heavy atom. The smallest absolute Gasteiger partial charge is 0.387 e. The van der Waals surface area contributed by atoms with Crippen molar-refractivity contribution >= 4 is 25.7 Å². The van der Waals surface area contributed by atoms with Crippen LogP contribution < -0.4 is 9.46 Å². The Kier molecular flexibility index (Phi) is 6.96. The van der Waals surface area contributed by atoms with Crippen LogP contribution >= 0.6 is 0 Å². The average molecular weight is 434 g/mol. The summed E-state index contributed by atoms with van der Waals surface area (Å²) in [6.45, 7) is 1.04. The zero-order valence-electron chi connectivity index (χ0n) is 15.2. The molecule has 0 heterocycles. The van der Waals surface area contributed by atoms with Crippen LogP contribution in [0.25, 0.3) is 0 Å².